The van der Waals surface area contributed by atoms with E-state index in [2.05, 4.69) is 5.32 Å². The minimum absolute atomic E-state index is 0.0806. The molecule has 1 rings (SSSR count). The summed E-state index contributed by atoms with van der Waals surface area (Å²) in [5.74, 6) is -0.811. The SMILES string of the molecule is N#C/C(=C/N(C=O)CCCN)C(=O)Nc1ccc(Cl)c([N+](=O)[O-])c1. The standard InChI is InChI=1S/C14H14ClN5O4/c15-12-3-2-11(6-13(12)20(23)24)18-14(22)10(7-17)8-19(9-21)5-1-4-16/h2-3,6,8-9H,1,4-5,16H2,(H,18,22)/b10-8-. The molecule has 0 atom stereocenters. The summed E-state index contributed by atoms with van der Waals surface area (Å²) in [5, 5.41) is 22.1. The van der Waals surface area contributed by atoms with Crippen LogP contribution >= 0.6 is 11.6 Å². The van der Waals surface area contributed by atoms with Crippen LogP contribution in [0.4, 0.5) is 11.4 Å². The van der Waals surface area contributed by atoms with E-state index in [1.54, 1.807) is 6.07 Å². The fraction of sp³-hybridized carbons (Fsp3) is 0.214. The van der Waals surface area contributed by atoms with Crippen molar-refractivity contribution in [1.29, 1.82) is 5.26 Å². The molecule has 0 aliphatic carbocycles. The second-order valence-corrected chi connectivity index (χ2v) is 4.92. The van der Waals surface area contributed by atoms with Crippen LogP contribution in [-0.2, 0) is 9.59 Å². The molecule has 126 valence electrons. The number of amides is 2. The summed E-state index contributed by atoms with van der Waals surface area (Å²) in [4.78, 5) is 34.2. The highest BCUT2D eigenvalue weighted by Crippen LogP contribution is 2.27. The molecule has 2 amide bonds. The van der Waals surface area contributed by atoms with Gasteiger partial charge in [0, 0.05) is 24.5 Å². The number of rotatable bonds is 8. The Morgan fingerprint density at radius 3 is 2.79 bits per heavy atom. The van der Waals surface area contributed by atoms with Crippen LogP contribution in [0.3, 0.4) is 0 Å². The predicted octanol–water partition coefficient (Wildman–Crippen LogP) is 1.40. The van der Waals surface area contributed by atoms with Crippen molar-refractivity contribution in [2.45, 2.75) is 6.42 Å². The van der Waals surface area contributed by atoms with E-state index >= 15 is 0 Å². The van der Waals surface area contributed by atoms with Crippen molar-refractivity contribution in [2.75, 3.05) is 18.4 Å². The van der Waals surface area contributed by atoms with Crippen LogP contribution in [0, 0.1) is 21.4 Å². The summed E-state index contributed by atoms with van der Waals surface area (Å²) in [6, 6.07) is 5.35. The number of nitrogens with two attached hydrogens (primary N) is 1. The molecular weight excluding hydrogens is 338 g/mol. The van der Waals surface area contributed by atoms with E-state index in [0.29, 0.717) is 19.4 Å². The molecule has 0 radical (unpaired) electrons. The van der Waals surface area contributed by atoms with Crippen molar-refractivity contribution < 1.29 is 14.5 Å². The van der Waals surface area contributed by atoms with Crippen molar-refractivity contribution in [3.8, 4) is 6.07 Å². The molecule has 0 aliphatic rings. The Hall–Kier alpha value is -2.96. The number of anilines is 1. The maximum atomic E-state index is 12.1. The third-order valence-electron chi connectivity index (χ3n) is 2.82. The Labute approximate surface area is 142 Å². The molecule has 0 heterocycles. The maximum absolute atomic E-state index is 12.1. The summed E-state index contributed by atoms with van der Waals surface area (Å²) in [7, 11) is 0. The highest BCUT2D eigenvalue weighted by molar-refractivity contribution is 6.32. The number of hydrogen-bond donors (Lipinski definition) is 2. The van der Waals surface area contributed by atoms with Gasteiger partial charge in [-0.25, -0.2) is 0 Å². The third kappa shape index (κ3) is 5.35. The quantitative estimate of drug-likeness (QED) is 0.238. The molecule has 3 N–H and O–H groups in total. The minimum atomic E-state index is -0.811. The normalized spacial score (nSPS) is 10.6. The van der Waals surface area contributed by atoms with E-state index in [0.717, 1.165) is 17.2 Å². The van der Waals surface area contributed by atoms with Crippen LogP contribution in [0.2, 0.25) is 5.02 Å². The lowest BCUT2D eigenvalue weighted by Crippen LogP contribution is -2.22. The van der Waals surface area contributed by atoms with Crippen LogP contribution in [0.15, 0.2) is 30.0 Å². The lowest BCUT2D eigenvalue weighted by atomic mass is 10.2. The van der Waals surface area contributed by atoms with Gasteiger partial charge >= 0.3 is 0 Å². The topological polar surface area (TPSA) is 142 Å². The highest BCUT2D eigenvalue weighted by Gasteiger charge is 2.16. The molecule has 24 heavy (non-hydrogen) atoms. The fourth-order valence-corrected chi connectivity index (χ4v) is 1.84. The van der Waals surface area contributed by atoms with Gasteiger partial charge in [-0.3, -0.25) is 19.7 Å². The second-order valence-electron chi connectivity index (χ2n) is 4.52. The van der Waals surface area contributed by atoms with Gasteiger partial charge in [0.15, 0.2) is 0 Å². The van der Waals surface area contributed by atoms with Crippen LogP contribution in [0.1, 0.15) is 6.42 Å². The Bertz CT molecular complexity index is 714. The Morgan fingerprint density at radius 2 is 2.25 bits per heavy atom. The van der Waals surface area contributed by atoms with Gasteiger partial charge in [0.05, 0.1) is 4.92 Å². The van der Waals surface area contributed by atoms with Crippen LogP contribution < -0.4 is 11.1 Å². The summed E-state index contributed by atoms with van der Waals surface area (Å²) in [6.45, 7) is 0.603. The monoisotopic (exact) mass is 351 g/mol. The molecule has 1 aromatic carbocycles. The average molecular weight is 352 g/mol. The first-order chi connectivity index (χ1) is 11.4. The zero-order valence-electron chi connectivity index (χ0n) is 12.4. The van der Waals surface area contributed by atoms with E-state index in [1.165, 1.54) is 12.1 Å². The molecule has 0 fully saturated rings. The van der Waals surface area contributed by atoms with Gasteiger partial charge in [0.2, 0.25) is 6.41 Å². The number of halogens is 1. The minimum Gasteiger partial charge on any atom is -0.330 e. The zero-order valence-corrected chi connectivity index (χ0v) is 13.2. The number of carbonyl (C=O) groups excluding carboxylic acids is 2. The fourth-order valence-electron chi connectivity index (χ4n) is 1.65. The summed E-state index contributed by atoms with van der Waals surface area (Å²) < 4.78 is 0. The second kappa shape index (κ2) is 9.24. The van der Waals surface area contributed by atoms with Crippen molar-refractivity contribution >= 4 is 35.3 Å². The number of benzene rings is 1. The van der Waals surface area contributed by atoms with Crippen molar-refractivity contribution in [1.82, 2.24) is 4.90 Å². The molecule has 0 aliphatic heterocycles. The summed E-state index contributed by atoms with van der Waals surface area (Å²) >= 11 is 5.68. The van der Waals surface area contributed by atoms with Gasteiger partial charge in [-0.05, 0) is 25.1 Å². The molecule has 0 saturated carbocycles. The van der Waals surface area contributed by atoms with Crippen molar-refractivity contribution in [3.63, 3.8) is 0 Å². The van der Waals surface area contributed by atoms with Crippen LogP contribution in [0.25, 0.3) is 0 Å². The molecule has 0 spiro atoms. The largest absolute Gasteiger partial charge is 0.330 e. The zero-order chi connectivity index (χ0) is 18.1. The number of hydrogen-bond acceptors (Lipinski definition) is 6. The number of carbonyl (C=O) groups is 2. The molecule has 1 aromatic rings. The molecule has 0 bridgehead atoms. The molecule has 0 unspecified atom stereocenters. The van der Waals surface area contributed by atoms with E-state index in [4.69, 9.17) is 22.6 Å². The first-order valence-electron chi connectivity index (χ1n) is 6.71. The van der Waals surface area contributed by atoms with Crippen LogP contribution in [-0.4, -0.2) is 35.2 Å². The molecule has 0 aromatic heterocycles. The lowest BCUT2D eigenvalue weighted by Gasteiger charge is -2.12. The van der Waals surface area contributed by atoms with Gasteiger partial charge in [-0.2, -0.15) is 5.26 Å². The number of nitro benzene ring substituents is 1. The number of nitro groups is 1. The molecular formula is C14H14ClN5O4. The third-order valence-corrected chi connectivity index (χ3v) is 3.14. The summed E-state index contributed by atoms with van der Waals surface area (Å²) in [6.07, 6.45) is 2.05. The smallest absolute Gasteiger partial charge is 0.289 e. The van der Waals surface area contributed by atoms with Gasteiger partial charge in [0.25, 0.3) is 11.6 Å². The number of nitrogens with one attached hydrogen (secondary N) is 1. The molecule has 10 heteroatoms. The van der Waals surface area contributed by atoms with E-state index in [-0.39, 0.29) is 28.5 Å². The van der Waals surface area contributed by atoms with Gasteiger partial charge < -0.3 is 16.0 Å². The lowest BCUT2D eigenvalue weighted by molar-refractivity contribution is -0.384. The van der Waals surface area contributed by atoms with E-state index in [9.17, 15) is 19.7 Å². The number of nitriles is 1. The summed E-state index contributed by atoms with van der Waals surface area (Å²) in [5.41, 5.74) is 4.71. The Kier molecular flexibility index (Phi) is 7.35. The van der Waals surface area contributed by atoms with Gasteiger partial charge in [-0.15, -0.1) is 0 Å². The first kappa shape index (κ1) is 19.1. The highest BCUT2D eigenvalue weighted by atomic mass is 35.5. The predicted molar refractivity (Wildman–Crippen MR) is 86.9 cm³/mol. The maximum Gasteiger partial charge on any atom is 0.289 e. The van der Waals surface area contributed by atoms with Gasteiger partial charge in [0.1, 0.15) is 16.7 Å². The average Bonchev–Trinajstić information content (AvgIpc) is 2.56. The molecule has 9 nitrogen and oxygen atoms in total. The van der Waals surface area contributed by atoms with Crippen LogP contribution in [0.5, 0.6) is 0 Å². The molecule has 0 saturated heterocycles. The van der Waals surface area contributed by atoms with Crippen molar-refractivity contribution in [2.24, 2.45) is 5.73 Å². The Balaban J connectivity index is 2.95. The van der Waals surface area contributed by atoms with Gasteiger partial charge in [-0.1, -0.05) is 11.6 Å². The first-order valence-corrected chi connectivity index (χ1v) is 7.09. The van der Waals surface area contributed by atoms with E-state index < -0.39 is 10.8 Å². The number of nitrogens with zero attached hydrogens (tertiary/aromatic N) is 3. The Morgan fingerprint density at radius 1 is 1.54 bits per heavy atom. The van der Waals surface area contributed by atoms with Crippen molar-refractivity contribution in [3.05, 3.63) is 45.1 Å². The van der Waals surface area contributed by atoms with E-state index in [1.807, 2.05) is 0 Å².